The van der Waals surface area contributed by atoms with E-state index in [0.29, 0.717) is 12.6 Å². The molecule has 1 saturated heterocycles. The SMILES string of the molecule is COc1ccc2ccccc2c1CNC(=O)[C@H]1CCN[C@@H](C)C1.Cl. The summed E-state index contributed by atoms with van der Waals surface area (Å²) >= 11 is 0. The van der Waals surface area contributed by atoms with Gasteiger partial charge in [0, 0.05) is 24.1 Å². The molecule has 2 atom stereocenters. The number of fused-ring (bicyclic) bond motifs is 1. The van der Waals surface area contributed by atoms with Crippen molar-refractivity contribution in [2.45, 2.75) is 32.4 Å². The van der Waals surface area contributed by atoms with Gasteiger partial charge in [0.25, 0.3) is 0 Å². The Hall–Kier alpha value is -1.78. The van der Waals surface area contributed by atoms with Crippen LogP contribution in [-0.4, -0.2) is 25.6 Å². The number of hydrogen-bond donors (Lipinski definition) is 2. The number of methoxy groups -OCH3 is 1. The van der Waals surface area contributed by atoms with E-state index < -0.39 is 0 Å². The Morgan fingerprint density at radius 1 is 1.29 bits per heavy atom. The lowest BCUT2D eigenvalue weighted by Gasteiger charge is -2.27. The number of piperidine rings is 1. The van der Waals surface area contributed by atoms with Gasteiger partial charge in [-0.25, -0.2) is 0 Å². The Balaban J connectivity index is 0.00000208. The second kappa shape index (κ2) is 8.36. The summed E-state index contributed by atoms with van der Waals surface area (Å²) in [6.07, 6.45) is 1.81. The number of carbonyl (C=O) groups excluding carboxylic acids is 1. The van der Waals surface area contributed by atoms with Crippen LogP contribution >= 0.6 is 12.4 Å². The van der Waals surface area contributed by atoms with Gasteiger partial charge in [-0.2, -0.15) is 0 Å². The molecule has 0 aromatic heterocycles. The maximum Gasteiger partial charge on any atom is 0.223 e. The van der Waals surface area contributed by atoms with E-state index in [-0.39, 0.29) is 24.2 Å². The van der Waals surface area contributed by atoms with Gasteiger partial charge in [-0.15, -0.1) is 12.4 Å². The van der Waals surface area contributed by atoms with E-state index >= 15 is 0 Å². The van der Waals surface area contributed by atoms with Crippen LogP contribution in [0.1, 0.15) is 25.3 Å². The van der Waals surface area contributed by atoms with Crippen molar-refractivity contribution in [3.8, 4) is 5.75 Å². The van der Waals surface area contributed by atoms with Crippen LogP contribution in [0.4, 0.5) is 0 Å². The molecule has 5 heteroatoms. The Morgan fingerprint density at radius 3 is 2.83 bits per heavy atom. The minimum absolute atomic E-state index is 0. The van der Waals surface area contributed by atoms with Gasteiger partial charge in [0.15, 0.2) is 0 Å². The molecule has 2 aromatic rings. The first kappa shape index (κ1) is 18.6. The quantitative estimate of drug-likeness (QED) is 0.891. The molecule has 1 aliphatic heterocycles. The zero-order chi connectivity index (χ0) is 16.2. The number of halogens is 1. The van der Waals surface area contributed by atoms with Crippen molar-refractivity contribution in [3.05, 3.63) is 42.0 Å². The van der Waals surface area contributed by atoms with Crippen LogP contribution in [0.2, 0.25) is 0 Å². The number of hydrogen-bond acceptors (Lipinski definition) is 3. The molecule has 0 aliphatic carbocycles. The Morgan fingerprint density at radius 2 is 2.08 bits per heavy atom. The number of benzene rings is 2. The molecule has 0 bridgehead atoms. The van der Waals surface area contributed by atoms with Gasteiger partial charge < -0.3 is 15.4 Å². The van der Waals surface area contributed by atoms with Gasteiger partial charge >= 0.3 is 0 Å². The standard InChI is InChI=1S/C19H24N2O2.ClH/c1-13-11-15(9-10-20-13)19(22)21-12-17-16-6-4-3-5-14(16)7-8-18(17)23-2;/h3-8,13,15,20H,9-12H2,1-2H3,(H,21,22);1H/t13-,15-;/m0./s1. The topological polar surface area (TPSA) is 50.4 Å². The van der Waals surface area contributed by atoms with Crippen molar-refractivity contribution in [1.29, 1.82) is 0 Å². The molecule has 1 fully saturated rings. The summed E-state index contributed by atoms with van der Waals surface area (Å²) in [4.78, 5) is 12.5. The van der Waals surface area contributed by atoms with Crippen molar-refractivity contribution in [2.75, 3.05) is 13.7 Å². The summed E-state index contributed by atoms with van der Waals surface area (Å²) in [5, 5.41) is 8.78. The maximum absolute atomic E-state index is 12.5. The Bertz CT molecular complexity index is 705. The fourth-order valence-corrected chi connectivity index (χ4v) is 3.38. The molecule has 0 unspecified atom stereocenters. The second-order valence-corrected chi connectivity index (χ2v) is 6.26. The predicted molar refractivity (Wildman–Crippen MR) is 99.8 cm³/mol. The van der Waals surface area contributed by atoms with Gasteiger partial charge in [0.2, 0.25) is 5.91 Å². The number of nitrogens with one attached hydrogen (secondary N) is 2. The molecule has 4 nitrogen and oxygen atoms in total. The summed E-state index contributed by atoms with van der Waals surface area (Å²) in [6.45, 7) is 3.55. The third kappa shape index (κ3) is 4.00. The lowest BCUT2D eigenvalue weighted by molar-refractivity contribution is -0.126. The molecule has 2 aromatic carbocycles. The second-order valence-electron chi connectivity index (χ2n) is 6.26. The van der Waals surface area contributed by atoms with Gasteiger partial charge in [0.1, 0.15) is 5.75 Å². The highest BCUT2D eigenvalue weighted by atomic mass is 35.5. The van der Waals surface area contributed by atoms with Crippen molar-refractivity contribution in [2.24, 2.45) is 5.92 Å². The molecule has 130 valence electrons. The van der Waals surface area contributed by atoms with Gasteiger partial charge in [-0.05, 0) is 43.1 Å². The summed E-state index contributed by atoms with van der Waals surface area (Å²) < 4.78 is 5.49. The molecule has 1 amide bonds. The molecule has 2 N–H and O–H groups in total. The smallest absolute Gasteiger partial charge is 0.223 e. The van der Waals surface area contributed by atoms with Crippen molar-refractivity contribution in [3.63, 3.8) is 0 Å². The van der Waals surface area contributed by atoms with Crippen LogP contribution in [0, 0.1) is 5.92 Å². The van der Waals surface area contributed by atoms with E-state index in [9.17, 15) is 4.79 Å². The monoisotopic (exact) mass is 348 g/mol. The molecular weight excluding hydrogens is 324 g/mol. The van der Waals surface area contributed by atoms with Gasteiger partial charge in [-0.3, -0.25) is 4.79 Å². The lowest BCUT2D eigenvalue weighted by Crippen LogP contribution is -2.42. The van der Waals surface area contributed by atoms with E-state index in [0.717, 1.165) is 41.5 Å². The minimum Gasteiger partial charge on any atom is -0.496 e. The van der Waals surface area contributed by atoms with Crippen LogP contribution in [-0.2, 0) is 11.3 Å². The average molecular weight is 349 g/mol. The van der Waals surface area contributed by atoms with E-state index in [1.807, 2.05) is 24.3 Å². The highest BCUT2D eigenvalue weighted by molar-refractivity contribution is 5.88. The third-order valence-corrected chi connectivity index (χ3v) is 4.65. The minimum atomic E-state index is 0. The summed E-state index contributed by atoms with van der Waals surface area (Å²) in [6, 6.07) is 12.6. The Labute approximate surface area is 149 Å². The number of carbonyl (C=O) groups is 1. The molecule has 1 heterocycles. The molecule has 0 saturated carbocycles. The lowest BCUT2D eigenvalue weighted by atomic mass is 9.92. The van der Waals surface area contributed by atoms with Crippen molar-refractivity contribution in [1.82, 2.24) is 10.6 Å². The molecular formula is C19H25ClN2O2. The van der Waals surface area contributed by atoms with Crippen LogP contribution in [0.15, 0.2) is 36.4 Å². The van der Waals surface area contributed by atoms with Crippen LogP contribution in [0.3, 0.4) is 0 Å². The largest absolute Gasteiger partial charge is 0.496 e. The zero-order valence-corrected chi connectivity index (χ0v) is 15.0. The van der Waals surface area contributed by atoms with E-state index in [4.69, 9.17) is 4.74 Å². The maximum atomic E-state index is 12.5. The first-order chi connectivity index (χ1) is 11.2. The van der Waals surface area contributed by atoms with Gasteiger partial charge in [0.05, 0.1) is 7.11 Å². The van der Waals surface area contributed by atoms with Crippen LogP contribution < -0.4 is 15.4 Å². The summed E-state index contributed by atoms with van der Waals surface area (Å²) in [7, 11) is 1.67. The third-order valence-electron chi connectivity index (χ3n) is 4.65. The van der Waals surface area contributed by atoms with Crippen LogP contribution in [0.25, 0.3) is 10.8 Å². The Kier molecular flexibility index (Phi) is 6.46. The number of rotatable bonds is 4. The average Bonchev–Trinajstić information content (AvgIpc) is 2.59. The number of ether oxygens (including phenoxy) is 1. The van der Waals surface area contributed by atoms with Crippen molar-refractivity contribution >= 4 is 29.1 Å². The van der Waals surface area contributed by atoms with E-state index in [1.165, 1.54) is 0 Å². The highest BCUT2D eigenvalue weighted by Gasteiger charge is 2.24. The molecule has 1 aliphatic rings. The van der Waals surface area contributed by atoms with Gasteiger partial charge in [-0.1, -0.05) is 30.3 Å². The molecule has 0 radical (unpaired) electrons. The first-order valence-corrected chi connectivity index (χ1v) is 8.24. The van der Waals surface area contributed by atoms with Crippen molar-refractivity contribution < 1.29 is 9.53 Å². The normalized spacial score (nSPS) is 20.2. The summed E-state index contributed by atoms with van der Waals surface area (Å²) in [5.74, 6) is 1.07. The fraction of sp³-hybridized carbons (Fsp3) is 0.421. The summed E-state index contributed by atoms with van der Waals surface area (Å²) in [5.41, 5.74) is 1.04. The molecule has 3 rings (SSSR count). The molecule has 24 heavy (non-hydrogen) atoms. The zero-order valence-electron chi connectivity index (χ0n) is 14.2. The predicted octanol–water partition coefficient (Wildman–Crippen LogP) is 3.27. The van der Waals surface area contributed by atoms with E-state index in [1.54, 1.807) is 7.11 Å². The number of amides is 1. The fourth-order valence-electron chi connectivity index (χ4n) is 3.38. The first-order valence-electron chi connectivity index (χ1n) is 8.24. The highest BCUT2D eigenvalue weighted by Crippen LogP contribution is 2.28. The molecule has 0 spiro atoms. The van der Waals surface area contributed by atoms with Crippen LogP contribution in [0.5, 0.6) is 5.75 Å². The van der Waals surface area contributed by atoms with E-state index in [2.05, 4.69) is 29.7 Å².